The first-order valence-electron chi connectivity index (χ1n) is 2.66. The summed E-state index contributed by atoms with van der Waals surface area (Å²) in [5, 5.41) is 9.57. The molecule has 1 saturated heterocycles. The third kappa shape index (κ3) is 4.80. The van der Waals surface area contributed by atoms with Crippen LogP contribution in [0.25, 0.3) is 0 Å². The third-order valence-corrected chi connectivity index (χ3v) is 0.903. The summed E-state index contributed by atoms with van der Waals surface area (Å²) in [6.45, 7) is 0.638. The highest BCUT2D eigenvalue weighted by molar-refractivity contribution is 5.77. The van der Waals surface area contributed by atoms with Gasteiger partial charge in [-0.25, -0.2) is 0 Å². The summed E-state index contributed by atoms with van der Waals surface area (Å²) in [7, 11) is 0. The van der Waals surface area contributed by atoms with Gasteiger partial charge in [-0.1, -0.05) is 0 Å². The molecule has 0 aliphatic carbocycles. The van der Waals surface area contributed by atoms with E-state index in [9.17, 15) is 4.79 Å². The maximum absolute atomic E-state index is 10.1. The van der Waals surface area contributed by atoms with Crippen molar-refractivity contribution >= 4 is 12.4 Å². The number of carbonyl (C=O) groups excluding carboxylic acids is 1. The Labute approximate surface area is 54.4 Å². The molecule has 0 aromatic heterocycles. The van der Waals surface area contributed by atoms with Crippen molar-refractivity contribution in [3.63, 3.8) is 0 Å². The van der Waals surface area contributed by atoms with Crippen LogP contribution in [0, 0.1) is 0 Å². The van der Waals surface area contributed by atoms with E-state index in [1.54, 1.807) is 0 Å². The minimum absolute atomic E-state index is 0. The molecule has 4 heteroatoms. The molecule has 0 unspecified atom stereocenters. The fourth-order valence-electron chi connectivity index (χ4n) is 0.565. The lowest BCUT2D eigenvalue weighted by atomic mass is 10.4. The predicted octanol–water partition coefficient (Wildman–Crippen LogP) is -0.157. The molecule has 1 amide bonds. The lowest BCUT2D eigenvalue weighted by Gasteiger charge is -1.80. The van der Waals surface area contributed by atoms with Crippen LogP contribution in [0.4, 0.5) is 0 Å². The zero-order valence-electron chi connectivity index (χ0n) is 4.96. The van der Waals surface area contributed by atoms with Crippen LogP contribution in [0.5, 0.6) is 0 Å². The van der Waals surface area contributed by atoms with Gasteiger partial charge in [-0.15, -0.1) is 0 Å². The molecule has 1 aliphatic heterocycles. The molecule has 4 nitrogen and oxygen atoms in total. The Bertz CT molecular complexity index is 99.1. The number of rotatable bonds is 0. The van der Waals surface area contributed by atoms with E-state index in [2.05, 4.69) is 5.32 Å². The van der Waals surface area contributed by atoms with E-state index in [-0.39, 0.29) is 13.8 Å². The maximum Gasteiger partial charge on any atom is 0.290 e. The molecule has 54 valence electrons. The van der Waals surface area contributed by atoms with Crippen LogP contribution in [0.1, 0.15) is 14.3 Å². The Morgan fingerprint density at radius 2 is 2.33 bits per heavy atom. The number of carboxylic acid groups (broad SMARTS) is 1. The van der Waals surface area contributed by atoms with E-state index in [1.807, 2.05) is 0 Å². The second-order valence-corrected chi connectivity index (χ2v) is 1.56. The normalized spacial score (nSPS) is 15.3. The van der Waals surface area contributed by atoms with Crippen molar-refractivity contribution in [2.24, 2.45) is 0 Å². The Kier molecular flexibility index (Phi) is 4.49. The maximum atomic E-state index is 10.1. The van der Waals surface area contributed by atoms with Crippen LogP contribution in [-0.4, -0.2) is 24.0 Å². The van der Waals surface area contributed by atoms with Gasteiger partial charge in [0.05, 0.1) is 0 Å². The van der Waals surface area contributed by atoms with Crippen LogP contribution < -0.4 is 5.32 Å². The van der Waals surface area contributed by atoms with Gasteiger partial charge in [-0.05, 0) is 6.42 Å². The van der Waals surface area contributed by atoms with E-state index < -0.39 is 0 Å². The molecule has 2 N–H and O–H groups in total. The molecule has 1 aliphatic rings. The monoisotopic (exact) mass is 133 g/mol. The first-order valence-corrected chi connectivity index (χ1v) is 2.66. The van der Waals surface area contributed by atoms with Gasteiger partial charge in [0, 0.05) is 14.4 Å². The SMILES string of the molecule is O=C1CCCN1.O=CO.[HH]. The molecule has 1 fully saturated rings. The fraction of sp³-hybridized carbons (Fsp3) is 0.600. The van der Waals surface area contributed by atoms with E-state index >= 15 is 0 Å². The lowest BCUT2D eigenvalue weighted by molar-refractivity contribution is -0.123. The first kappa shape index (κ1) is 7.94. The highest BCUT2D eigenvalue weighted by atomic mass is 16.3. The zero-order chi connectivity index (χ0) is 7.11. The molecule has 0 atom stereocenters. The summed E-state index contributed by atoms with van der Waals surface area (Å²) < 4.78 is 0. The Hall–Kier alpha value is -1.06. The van der Waals surface area contributed by atoms with Crippen molar-refractivity contribution in [2.75, 3.05) is 6.54 Å². The van der Waals surface area contributed by atoms with Gasteiger partial charge in [0.2, 0.25) is 5.91 Å². The van der Waals surface area contributed by atoms with Crippen LogP contribution in [0.3, 0.4) is 0 Å². The second kappa shape index (κ2) is 5.08. The molecule has 0 spiro atoms. The quantitative estimate of drug-likeness (QED) is 0.451. The van der Waals surface area contributed by atoms with Crippen molar-refractivity contribution in [2.45, 2.75) is 12.8 Å². The van der Waals surface area contributed by atoms with Gasteiger partial charge in [-0.2, -0.15) is 0 Å². The summed E-state index contributed by atoms with van der Waals surface area (Å²) in [5.74, 6) is 0.204. The van der Waals surface area contributed by atoms with Crippen molar-refractivity contribution in [1.82, 2.24) is 5.32 Å². The number of amides is 1. The average molecular weight is 133 g/mol. The molecule has 1 heterocycles. The van der Waals surface area contributed by atoms with Gasteiger partial charge < -0.3 is 10.4 Å². The van der Waals surface area contributed by atoms with Gasteiger partial charge in [-0.3, -0.25) is 9.59 Å². The van der Waals surface area contributed by atoms with E-state index in [1.165, 1.54) is 0 Å². The number of carbonyl (C=O) groups is 2. The Morgan fingerprint density at radius 1 is 1.78 bits per heavy atom. The molecule has 0 aromatic carbocycles. The summed E-state index contributed by atoms with van der Waals surface area (Å²) in [4.78, 5) is 18.5. The Balaban J connectivity index is 0. The van der Waals surface area contributed by atoms with Crippen LogP contribution in [0.2, 0.25) is 0 Å². The van der Waals surface area contributed by atoms with Crippen LogP contribution >= 0.6 is 0 Å². The van der Waals surface area contributed by atoms with Gasteiger partial charge in [0.1, 0.15) is 0 Å². The van der Waals surface area contributed by atoms with Crippen molar-refractivity contribution in [3.05, 3.63) is 0 Å². The van der Waals surface area contributed by atoms with E-state index in [0.29, 0.717) is 0 Å². The van der Waals surface area contributed by atoms with Crippen molar-refractivity contribution in [3.8, 4) is 0 Å². The average Bonchev–Trinajstić information content (AvgIpc) is 2.20. The smallest absolute Gasteiger partial charge is 0.290 e. The predicted molar refractivity (Wildman–Crippen MR) is 33.1 cm³/mol. The Morgan fingerprint density at radius 3 is 2.44 bits per heavy atom. The topological polar surface area (TPSA) is 66.4 Å². The number of hydrogen-bond donors (Lipinski definition) is 2. The standard InChI is InChI=1S/C4H7NO.CH2O2.H2/c6-4-2-1-3-5-4;2-1-3;/h1-3H2,(H,5,6);1H,(H,2,3);1H. The summed E-state index contributed by atoms with van der Waals surface area (Å²) >= 11 is 0. The third-order valence-electron chi connectivity index (χ3n) is 0.903. The zero-order valence-corrected chi connectivity index (χ0v) is 4.96. The van der Waals surface area contributed by atoms with Crippen LogP contribution in [-0.2, 0) is 9.59 Å². The van der Waals surface area contributed by atoms with Gasteiger partial charge >= 0.3 is 0 Å². The van der Waals surface area contributed by atoms with Gasteiger partial charge in [0.25, 0.3) is 6.47 Å². The van der Waals surface area contributed by atoms with Crippen molar-refractivity contribution < 1.29 is 16.1 Å². The van der Waals surface area contributed by atoms with Crippen molar-refractivity contribution in [1.29, 1.82) is 0 Å². The number of nitrogens with one attached hydrogen (secondary N) is 1. The first-order chi connectivity index (χ1) is 4.31. The fourth-order valence-corrected chi connectivity index (χ4v) is 0.565. The van der Waals surface area contributed by atoms with E-state index in [4.69, 9.17) is 9.90 Å². The molecular weight excluding hydrogens is 122 g/mol. The summed E-state index contributed by atoms with van der Waals surface area (Å²) in [6, 6.07) is 0. The minimum Gasteiger partial charge on any atom is -0.483 e. The lowest BCUT2D eigenvalue weighted by Crippen LogP contribution is -2.12. The van der Waals surface area contributed by atoms with E-state index in [0.717, 1.165) is 19.4 Å². The second-order valence-electron chi connectivity index (χ2n) is 1.56. The molecule has 1 rings (SSSR count). The molecular formula is C5H11NO3. The molecule has 0 bridgehead atoms. The molecule has 9 heavy (non-hydrogen) atoms. The molecule has 0 radical (unpaired) electrons. The molecule has 0 saturated carbocycles. The summed E-state index contributed by atoms with van der Waals surface area (Å²) in [5.41, 5.74) is 0. The van der Waals surface area contributed by atoms with Gasteiger partial charge in [0.15, 0.2) is 0 Å². The molecule has 0 aromatic rings. The minimum atomic E-state index is -0.250. The number of hydrogen-bond acceptors (Lipinski definition) is 2. The summed E-state index contributed by atoms with van der Waals surface area (Å²) in [6.07, 6.45) is 1.76. The highest BCUT2D eigenvalue weighted by Crippen LogP contribution is 1.93. The highest BCUT2D eigenvalue weighted by Gasteiger charge is 2.05. The largest absolute Gasteiger partial charge is 0.483 e. The van der Waals surface area contributed by atoms with Crippen LogP contribution in [0.15, 0.2) is 0 Å².